The molecule has 134 valence electrons. The van der Waals surface area contributed by atoms with Gasteiger partial charge >= 0.3 is 0 Å². The summed E-state index contributed by atoms with van der Waals surface area (Å²) in [4.78, 5) is 4.71. The SMILES string of the molecule is COCCNc1cc(-c2ccccc2C)cc(-c2cc(C)ccc2O)n1. The van der Waals surface area contributed by atoms with Gasteiger partial charge in [0.1, 0.15) is 11.6 Å². The van der Waals surface area contributed by atoms with Gasteiger partial charge in [-0.2, -0.15) is 0 Å². The molecule has 2 aromatic carbocycles. The van der Waals surface area contributed by atoms with Crippen LogP contribution in [0.5, 0.6) is 5.75 Å². The van der Waals surface area contributed by atoms with E-state index in [1.807, 2.05) is 43.3 Å². The number of aromatic hydroxyl groups is 1. The van der Waals surface area contributed by atoms with Crippen LogP contribution in [0.4, 0.5) is 5.82 Å². The maximum atomic E-state index is 10.3. The molecule has 26 heavy (non-hydrogen) atoms. The molecule has 0 amide bonds. The summed E-state index contributed by atoms with van der Waals surface area (Å²) in [5.41, 5.74) is 5.96. The van der Waals surface area contributed by atoms with Crippen molar-refractivity contribution >= 4 is 5.82 Å². The highest BCUT2D eigenvalue weighted by Gasteiger charge is 2.11. The number of phenols is 1. The first-order valence-corrected chi connectivity index (χ1v) is 8.69. The van der Waals surface area contributed by atoms with Crippen LogP contribution in [-0.4, -0.2) is 30.4 Å². The van der Waals surface area contributed by atoms with Gasteiger partial charge in [-0.1, -0.05) is 35.9 Å². The highest BCUT2D eigenvalue weighted by Crippen LogP contribution is 2.34. The summed E-state index contributed by atoms with van der Waals surface area (Å²) in [6.45, 7) is 5.37. The molecule has 2 N–H and O–H groups in total. The highest BCUT2D eigenvalue weighted by molar-refractivity contribution is 5.77. The van der Waals surface area contributed by atoms with Gasteiger partial charge in [-0.3, -0.25) is 0 Å². The Morgan fingerprint density at radius 2 is 1.81 bits per heavy atom. The van der Waals surface area contributed by atoms with Crippen molar-refractivity contribution < 1.29 is 9.84 Å². The molecule has 0 aliphatic carbocycles. The van der Waals surface area contributed by atoms with Gasteiger partial charge in [0.05, 0.1) is 12.3 Å². The lowest BCUT2D eigenvalue weighted by atomic mass is 9.98. The van der Waals surface area contributed by atoms with Crippen LogP contribution in [0.2, 0.25) is 0 Å². The summed E-state index contributed by atoms with van der Waals surface area (Å²) in [6.07, 6.45) is 0. The van der Waals surface area contributed by atoms with Crippen LogP contribution in [0, 0.1) is 13.8 Å². The fourth-order valence-corrected chi connectivity index (χ4v) is 2.95. The molecule has 0 unspecified atom stereocenters. The molecule has 1 aromatic heterocycles. The van der Waals surface area contributed by atoms with Crippen molar-refractivity contribution in [3.05, 3.63) is 65.7 Å². The third-order valence-electron chi connectivity index (χ3n) is 4.32. The van der Waals surface area contributed by atoms with Crippen LogP contribution in [-0.2, 0) is 4.74 Å². The molecule has 0 bridgehead atoms. The minimum Gasteiger partial charge on any atom is -0.507 e. The molecule has 0 aliphatic heterocycles. The van der Waals surface area contributed by atoms with Crippen LogP contribution in [0.15, 0.2) is 54.6 Å². The van der Waals surface area contributed by atoms with Gasteiger partial charge in [0.25, 0.3) is 0 Å². The van der Waals surface area contributed by atoms with Gasteiger partial charge in [-0.05, 0) is 54.8 Å². The zero-order valence-corrected chi connectivity index (χ0v) is 15.4. The van der Waals surface area contributed by atoms with E-state index < -0.39 is 0 Å². The van der Waals surface area contributed by atoms with E-state index in [4.69, 9.17) is 9.72 Å². The molecule has 1 heterocycles. The summed E-state index contributed by atoms with van der Waals surface area (Å²) >= 11 is 0. The Labute approximate surface area is 154 Å². The second-order valence-electron chi connectivity index (χ2n) is 6.38. The van der Waals surface area contributed by atoms with Crippen molar-refractivity contribution in [2.45, 2.75) is 13.8 Å². The summed E-state index contributed by atoms with van der Waals surface area (Å²) in [7, 11) is 1.68. The zero-order valence-electron chi connectivity index (χ0n) is 15.4. The maximum absolute atomic E-state index is 10.3. The minimum absolute atomic E-state index is 0.230. The Balaban J connectivity index is 2.11. The highest BCUT2D eigenvalue weighted by atomic mass is 16.5. The van der Waals surface area contributed by atoms with E-state index >= 15 is 0 Å². The van der Waals surface area contributed by atoms with Crippen molar-refractivity contribution in [2.75, 3.05) is 25.6 Å². The fraction of sp³-hybridized carbons (Fsp3) is 0.227. The lowest BCUT2D eigenvalue weighted by Crippen LogP contribution is -2.09. The van der Waals surface area contributed by atoms with Gasteiger partial charge in [-0.15, -0.1) is 0 Å². The Morgan fingerprint density at radius 1 is 1.00 bits per heavy atom. The van der Waals surface area contributed by atoms with Crippen molar-refractivity contribution in [3.63, 3.8) is 0 Å². The van der Waals surface area contributed by atoms with Gasteiger partial charge < -0.3 is 15.2 Å². The van der Waals surface area contributed by atoms with Crippen LogP contribution in [0.1, 0.15) is 11.1 Å². The summed E-state index contributed by atoms with van der Waals surface area (Å²) in [5.74, 6) is 0.992. The topological polar surface area (TPSA) is 54.4 Å². The third kappa shape index (κ3) is 4.03. The number of methoxy groups -OCH3 is 1. The van der Waals surface area contributed by atoms with E-state index in [1.165, 1.54) is 5.56 Å². The van der Waals surface area contributed by atoms with Crippen LogP contribution in [0.3, 0.4) is 0 Å². The first-order chi connectivity index (χ1) is 12.6. The number of ether oxygens (including phenoxy) is 1. The second kappa shape index (κ2) is 8.02. The third-order valence-corrected chi connectivity index (χ3v) is 4.32. The number of nitrogens with zero attached hydrogens (tertiary/aromatic N) is 1. The number of nitrogens with one attached hydrogen (secondary N) is 1. The predicted molar refractivity (Wildman–Crippen MR) is 107 cm³/mol. The molecule has 0 aliphatic rings. The number of pyridine rings is 1. The number of hydrogen-bond donors (Lipinski definition) is 2. The predicted octanol–water partition coefficient (Wildman–Crippen LogP) is 4.80. The molecule has 4 heteroatoms. The minimum atomic E-state index is 0.230. The molecular weight excluding hydrogens is 324 g/mol. The number of benzene rings is 2. The van der Waals surface area contributed by atoms with Gasteiger partial charge in [0.15, 0.2) is 0 Å². The number of rotatable bonds is 6. The van der Waals surface area contributed by atoms with E-state index in [9.17, 15) is 5.11 Å². The fourth-order valence-electron chi connectivity index (χ4n) is 2.95. The van der Waals surface area contributed by atoms with E-state index in [0.717, 1.165) is 33.8 Å². The Kier molecular flexibility index (Phi) is 5.54. The smallest absolute Gasteiger partial charge is 0.127 e. The van der Waals surface area contributed by atoms with Crippen molar-refractivity contribution in [3.8, 4) is 28.1 Å². The number of anilines is 1. The lowest BCUT2D eigenvalue weighted by Gasteiger charge is -2.13. The maximum Gasteiger partial charge on any atom is 0.127 e. The van der Waals surface area contributed by atoms with Crippen molar-refractivity contribution in [1.29, 1.82) is 0 Å². The quantitative estimate of drug-likeness (QED) is 0.629. The average molecular weight is 348 g/mol. The first-order valence-electron chi connectivity index (χ1n) is 8.69. The van der Waals surface area contributed by atoms with Crippen LogP contribution in [0.25, 0.3) is 22.4 Å². The number of aromatic nitrogens is 1. The molecule has 4 nitrogen and oxygen atoms in total. The van der Waals surface area contributed by atoms with Crippen molar-refractivity contribution in [1.82, 2.24) is 4.98 Å². The Bertz CT molecular complexity index is 906. The lowest BCUT2D eigenvalue weighted by molar-refractivity contribution is 0.210. The van der Waals surface area contributed by atoms with Gasteiger partial charge in [-0.25, -0.2) is 4.98 Å². The largest absolute Gasteiger partial charge is 0.507 e. The molecule has 3 aromatic rings. The van der Waals surface area contributed by atoms with E-state index in [0.29, 0.717) is 13.2 Å². The monoisotopic (exact) mass is 348 g/mol. The molecule has 0 saturated carbocycles. The molecule has 3 rings (SSSR count). The number of hydrogen-bond acceptors (Lipinski definition) is 4. The first kappa shape index (κ1) is 18.0. The molecule has 0 radical (unpaired) electrons. The molecule has 0 fully saturated rings. The van der Waals surface area contributed by atoms with Gasteiger partial charge in [0.2, 0.25) is 0 Å². The molecule has 0 atom stereocenters. The van der Waals surface area contributed by atoms with E-state index in [-0.39, 0.29) is 5.75 Å². The van der Waals surface area contributed by atoms with Gasteiger partial charge in [0, 0.05) is 19.2 Å². The standard InChI is InChI=1S/C22H24N2O2/c1-15-8-9-21(25)19(12-15)20-13-17(18-7-5-4-6-16(18)2)14-22(24-20)23-10-11-26-3/h4-9,12-14,25H,10-11H2,1-3H3,(H,23,24). The van der Waals surface area contributed by atoms with Crippen LogP contribution < -0.4 is 5.32 Å². The zero-order chi connectivity index (χ0) is 18.5. The summed E-state index contributed by atoms with van der Waals surface area (Å²) in [5, 5.41) is 13.6. The number of aryl methyl sites for hydroxylation is 2. The van der Waals surface area contributed by atoms with Crippen molar-refractivity contribution in [2.24, 2.45) is 0 Å². The Morgan fingerprint density at radius 3 is 2.58 bits per heavy atom. The average Bonchev–Trinajstić information content (AvgIpc) is 2.64. The van der Waals surface area contributed by atoms with E-state index in [2.05, 4.69) is 24.4 Å². The van der Waals surface area contributed by atoms with Crippen LogP contribution >= 0.6 is 0 Å². The normalized spacial score (nSPS) is 10.7. The molecule has 0 spiro atoms. The molecule has 0 saturated heterocycles. The summed E-state index contributed by atoms with van der Waals surface area (Å²) in [6, 6.07) is 17.9. The summed E-state index contributed by atoms with van der Waals surface area (Å²) < 4.78 is 5.12. The Hall–Kier alpha value is -2.85. The molecular formula is C22H24N2O2. The van der Waals surface area contributed by atoms with E-state index in [1.54, 1.807) is 13.2 Å². The number of phenolic OH excluding ortho intramolecular Hbond substituents is 1. The second-order valence-corrected chi connectivity index (χ2v) is 6.38.